The third-order valence-electron chi connectivity index (χ3n) is 4.84. The second kappa shape index (κ2) is 5.34. The van der Waals surface area contributed by atoms with E-state index in [1.165, 1.54) is 17.5 Å². The molecule has 1 fully saturated rings. The van der Waals surface area contributed by atoms with Crippen molar-refractivity contribution < 1.29 is 4.79 Å². The van der Waals surface area contributed by atoms with Gasteiger partial charge < -0.3 is 0 Å². The molecule has 1 aliphatic carbocycles. The lowest BCUT2D eigenvalue weighted by Crippen LogP contribution is -2.53. The Morgan fingerprint density at radius 3 is 2.45 bits per heavy atom. The van der Waals surface area contributed by atoms with Gasteiger partial charge in [-0.1, -0.05) is 43.7 Å². The maximum atomic E-state index is 13.3. The van der Waals surface area contributed by atoms with E-state index in [1.807, 2.05) is 13.8 Å². The van der Waals surface area contributed by atoms with Crippen LogP contribution in [0, 0.1) is 12.3 Å². The van der Waals surface area contributed by atoms with E-state index in [0.717, 1.165) is 25.7 Å². The Labute approximate surface area is 131 Å². The summed E-state index contributed by atoms with van der Waals surface area (Å²) in [6.07, 6.45) is 6.76. The lowest BCUT2D eigenvalue weighted by atomic mass is 9.64. The Balaban J connectivity index is 1.84. The SMILES string of the molecule is Cc1ccc(CC(C)(C)C(=O)C2(n3cncn3)CCC2)cc1. The first-order valence-corrected chi connectivity index (χ1v) is 7.90. The number of benzene rings is 1. The molecule has 0 aliphatic heterocycles. The van der Waals surface area contributed by atoms with Gasteiger partial charge in [-0.15, -0.1) is 0 Å². The van der Waals surface area contributed by atoms with E-state index in [-0.39, 0.29) is 5.78 Å². The molecule has 1 saturated carbocycles. The number of hydrogen-bond acceptors (Lipinski definition) is 3. The molecule has 0 spiro atoms. The molecule has 3 rings (SSSR count). The first kappa shape index (κ1) is 14.9. The monoisotopic (exact) mass is 297 g/mol. The zero-order valence-corrected chi connectivity index (χ0v) is 13.5. The molecule has 22 heavy (non-hydrogen) atoms. The maximum Gasteiger partial charge on any atom is 0.166 e. The Morgan fingerprint density at radius 2 is 1.95 bits per heavy atom. The van der Waals surface area contributed by atoms with Crippen LogP contribution in [0.4, 0.5) is 0 Å². The summed E-state index contributed by atoms with van der Waals surface area (Å²) in [4.78, 5) is 17.3. The zero-order valence-electron chi connectivity index (χ0n) is 13.5. The molecule has 4 nitrogen and oxygen atoms in total. The van der Waals surface area contributed by atoms with E-state index in [9.17, 15) is 4.79 Å². The molecule has 2 aromatic rings. The summed E-state index contributed by atoms with van der Waals surface area (Å²) in [5.41, 5.74) is 1.55. The predicted octanol–water partition coefficient (Wildman–Crippen LogP) is 3.30. The van der Waals surface area contributed by atoms with Crippen molar-refractivity contribution in [2.24, 2.45) is 5.41 Å². The van der Waals surface area contributed by atoms with Gasteiger partial charge >= 0.3 is 0 Å². The highest BCUT2D eigenvalue weighted by molar-refractivity contribution is 5.92. The average Bonchev–Trinajstić information content (AvgIpc) is 2.94. The fourth-order valence-corrected chi connectivity index (χ4v) is 3.43. The third-order valence-corrected chi connectivity index (χ3v) is 4.84. The van der Waals surface area contributed by atoms with Crippen LogP contribution in [0.3, 0.4) is 0 Å². The number of hydrogen-bond donors (Lipinski definition) is 0. The number of aryl methyl sites for hydroxylation is 1. The van der Waals surface area contributed by atoms with Crippen LogP contribution < -0.4 is 0 Å². The summed E-state index contributed by atoms with van der Waals surface area (Å²) in [5.74, 6) is 0.275. The molecule has 0 amide bonds. The lowest BCUT2D eigenvalue weighted by Gasteiger charge is -2.44. The fraction of sp³-hybridized carbons (Fsp3) is 0.500. The molecular weight excluding hydrogens is 274 g/mol. The Kier molecular flexibility index (Phi) is 3.63. The van der Waals surface area contributed by atoms with Crippen LogP contribution in [0.2, 0.25) is 0 Å². The van der Waals surface area contributed by atoms with Crippen LogP contribution in [-0.4, -0.2) is 20.5 Å². The Bertz CT molecular complexity index is 652. The molecule has 1 aromatic heterocycles. The van der Waals surface area contributed by atoms with Gasteiger partial charge in [0.25, 0.3) is 0 Å². The van der Waals surface area contributed by atoms with E-state index in [4.69, 9.17) is 0 Å². The number of carbonyl (C=O) groups is 1. The molecule has 116 valence electrons. The van der Waals surface area contributed by atoms with Crippen LogP contribution in [0.5, 0.6) is 0 Å². The highest BCUT2D eigenvalue weighted by atomic mass is 16.1. The summed E-state index contributed by atoms with van der Waals surface area (Å²) in [5, 5.41) is 4.25. The van der Waals surface area contributed by atoms with Crippen molar-refractivity contribution in [3.63, 3.8) is 0 Å². The minimum absolute atomic E-state index is 0.275. The minimum atomic E-state index is -0.481. The van der Waals surface area contributed by atoms with Gasteiger partial charge in [0.05, 0.1) is 0 Å². The second-order valence-corrected chi connectivity index (χ2v) is 7.10. The highest BCUT2D eigenvalue weighted by Crippen LogP contribution is 2.44. The predicted molar refractivity (Wildman–Crippen MR) is 85.5 cm³/mol. The van der Waals surface area contributed by atoms with Crippen molar-refractivity contribution in [1.82, 2.24) is 14.8 Å². The van der Waals surface area contributed by atoms with Gasteiger partial charge in [-0.2, -0.15) is 5.10 Å². The second-order valence-electron chi connectivity index (χ2n) is 7.10. The largest absolute Gasteiger partial charge is 0.296 e. The van der Waals surface area contributed by atoms with Gasteiger partial charge in [0.1, 0.15) is 18.2 Å². The van der Waals surface area contributed by atoms with Gasteiger partial charge in [0, 0.05) is 5.41 Å². The van der Waals surface area contributed by atoms with E-state index >= 15 is 0 Å². The van der Waals surface area contributed by atoms with Gasteiger partial charge in [-0.3, -0.25) is 4.79 Å². The number of Topliss-reactive ketones (excluding diaryl/α,β-unsaturated/α-hetero) is 1. The molecule has 0 atom stereocenters. The number of ketones is 1. The minimum Gasteiger partial charge on any atom is -0.296 e. The van der Waals surface area contributed by atoms with Gasteiger partial charge in [-0.05, 0) is 38.2 Å². The van der Waals surface area contributed by atoms with Crippen LogP contribution in [0.25, 0.3) is 0 Å². The number of aromatic nitrogens is 3. The van der Waals surface area contributed by atoms with Crippen molar-refractivity contribution in [2.45, 2.75) is 52.0 Å². The molecule has 1 heterocycles. The van der Waals surface area contributed by atoms with Crippen LogP contribution in [0.1, 0.15) is 44.2 Å². The van der Waals surface area contributed by atoms with Gasteiger partial charge in [0.2, 0.25) is 0 Å². The molecule has 1 aliphatic rings. The van der Waals surface area contributed by atoms with Crippen molar-refractivity contribution in [3.8, 4) is 0 Å². The van der Waals surface area contributed by atoms with Crippen LogP contribution >= 0.6 is 0 Å². The maximum absolute atomic E-state index is 13.3. The molecule has 0 bridgehead atoms. The highest BCUT2D eigenvalue weighted by Gasteiger charge is 2.51. The fourth-order valence-electron chi connectivity index (χ4n) is 3.43. The Hall–Kier alpha value is -1.97. The van der Waals surface area contributed by atoms with Crippen molar-refractivity contribution >= 4 is 5.78 Å². The topological polar surface area (TPSA) is 47.8 Å². The van der Waals surface area contributed by atoms with E-state index in [1.54, 1.807) is 11.0 Å². The average molecular weight is 297 g/mol. The van der Waals surface area contributed by atoms with E-state index in [0.29, 0.717) is 0 Å². The van der Waals surface area contributed by atoms with Crippen LogP contribution in [0.15, 0.2) is 36.9 Å². The molecule has 1 aromatic carbocycles. The van der Waals surface area contributed by atoms with Crippen molar-refractivity contribution in [2.75, 3.05) is 0 Å². The van der Waals surface area contributed by atoms with Crippen molar-refractivity contribution in [3.05, 3.63) is 48.0 Å². The van der Waals surface area contributed by atoms with Crippen LogP contribution in [-0.2, 0) is 16.8 Å². The molecular formula is C18H23N3O. The molecule has 0 unspecified atom stereocenters. The normalized spacial score (nSPS) is 17.0. The molecule has 0 saturated heterocycles. The smallest absolute Gasteiger partial charge is 0.166 e. The first-order valence-electron chi connectivity index (χ1n) is 7.90. The van der Waals surface area contributed by atoms with Crippen molar-refractivity contribution in [1.29, 1.82) is 0 Å². The Morgan fingerprint density at radius 1 is 1.27 bits per heavy atom. The van der Waals surface area contributed by atoms with Gasteiger partial charge in [0.15, 0.2) is 5.78 Å². The van der Waals surface area contributed by atoms with E-state index < -0.39 is 11.0 Å². The summed E-state index contributed by atoms with van der Waals surface area (Å²) in [6.45, 7) is 6.17. The number of carbonyl (C=O) groups excluding carboxylic acids is 1. The molecule has 0 radical (unpaired) electrons. The lowest BCUT2D eigenvalue weighted by molar-refractivity contribution is -0.141. The number of rotatable bonds is 5. The summed E-state index contributed by atoms with van der Waals surface area (Å²) >= 11 is 0. The van der Waals surface area contributed by atoms with E-state index in [2.05, 4.69) is 41.3 Å². The standard InChI is InChI=1S/C18H23N3O/c1-14-5-7-15(8-6-14)11-17(2,3)16(22)18(9-4-10-18)21-13-19-12-20-21/h5-8,12-13H,4,9-11H2,1-3H3. The van der Waals surface area contributed by atoms with Gasteiger partial charge in [-0.25, -0.2) is 9.67 Å². The number of nitrogens with zero attached hydrogens (tertiary/aromatic N) is 3. The third kappa shape index (κ3) is 2.47. The summed E-state index contributed by atoms with van der Waals surface area (Å²) in [6, 6.07) is 8.44. The molecule has 0 N–H and O–H groups in total. The zero-order chi connectivity index (χ0) is 15.8. The summed E-state index contributed by atoms with van der Waals surface area (Å²) in [7, 11) is 0. The first-order chi connectivity index (χ1) is 10.4. The molecule has 4 heteroatoms. The quantitative estimate of drug-likeness (QED) is 0.850. The summed E-state index contributed by atoms with van der Waals surface area (Å²) < 4.78 is 1.77.